The zero-order chi connectivity index (χ0) is 13.7. The first-order chi connectivity index (χ1) is 9.22. The minimum Gasteiger partial charge on any atom is -0.353 e. The smallest absolute Gasteiger partial charge is 0.274 e. The van der Waals surface area contributed by atoms with E-state index in [1.807, 2.05) is 0 Å². The fraction of sp³-hybridized carbons (Fsp3) is 0.308. The van der Waals surface area contributed by atoms with Gasteiger partial charge in [-0.15, -0.1) is 0 Å². The number of piperazine rings is 1. The van der Waals surface area contributed by atoms with Crippen molar-refractivity contribution in [2.75, 3.05) is 26.2 Å². The molecule has 0 aromatic carbocycles. The van der Waals surface area contributed by atoms with Crippen molar-refractivity contribution < 1.29 is 9.59 Å². The normalized spacial score (nSPS) is 14.4. The Morgan fingerprint density at radius 1 is 1.58 bits per heavy atom. The van der Waals surface area contributed by atoms with Crippen LogP contribution in [0.15, 0.2) is 18.3 Å². The molecule has 19 heavy (non-hydrogen) atoms. The number of amides is 2. The van der Waals surface area contributed by atoms with Gasteiger partial charge in [0.2, 0.25) is 5.91 Å². The molecular formula is C13H14N4O2. The highest BCUT2D eigenvalue weighted by Gasteiger charge is 2.24. The molecule has 0 aliphatic carbocycles. The maximum absolute atomic E-state index is 12.3. The summed E-state index contributed by atoms with van der Waals surface area (Å²) in [4.78, 5) is 29.1. The third-order valence-electron chi connectivity index (χ3n) is 2.66. The van der Waals surface area contributed by atoms with Gasteiger partial charge < -0.3 is 16.0 Å². The van der Waals surface area contributed by atoms with Crippen LogP contribution in [0.4, 0.5) is 0 Å². The fourth-order valence-corrected chi connectivity index (χ4v) is 1.78. The molecule has 1 saturated heterocycles. The van der Waals surface area contributed by atoms with Crippen LogP contribution in [0.2, 0.25) is 0 Å². The monoisotopic (exact) mass is 258 g/mol. The summed E-state index contributed by atoms with van der Waals surface area (Å²) in [5.41, 5.74) is 6.11. The van der Waals surface area contributed by atoms with Crippen molar-refractivity contribution in [2.24, 2.45) is 5.73 Å². The van der Waals surface area contributed by atoms with Crippen molar-refractivity contribution in [1.82, 2.24) is 15.2 Å². The maximum atomic E-state index is 12.3. The third kappa shape index (κ3) is 3.09. The molecule has 0 spiro atoms. The molecule has 1 aliphatic rings. The average molecular weight is 258 g/mol. The number of nitrogens with one attached hydrogen (secondary N) is 1. The molecule has 6 nitrogen and oxygen atoms in total. The number of nitrogens with two attached hydrogens (primary N) is 1. The molecule has 0 unspecified atom stereocenters. The molecule has 2 amide bonds. The quantitative estimate of drug-likeness (QED) is 0.630. The second kappa shape index (κ2) is 5.98. The lowest BCUT2D eigenvalue weighted by Gasteiger charge is -2.26. The van der Waals surface area contributed by atoms with E-state index in [9.17, 15) is 9.59 Å². The SMILES string of the molecule is NCC#Cc1cccnc1C(=O)N1CCNC(=O)C1. The Morgan fingerprint density at radius 3 is 3.16 bits per heavy atom. The van der Waals surface area contributed by atoms with Gasteiger partial charge in [0.1, 0.15) is 5.69 Å². The van der Waals surface area contributed by atoms with Crippen LogP contribution in [-0.4, -0.2) is 47.9 Å². The molecule has 0 radical (unpaired) electrons. The summed E-state index contributed by atoms with van der Waals surface area (Å²) in [6, 6.07) is 3.42. The minimum absolute atomic E-state index is 0.0547. The molecule has 3 N–H and O–H groups in total. The van der Waals surface area contributed by atoms with Crippen LogP contribution in [0.25, 0.3) is 0 Å². The first-order valence-electron chi connectivity index (χ1n) is 5.92. The van der Waals surface area contributed by atoms with Crippen LogP contribution in [0.1, 0.15) is 16.1 Å². The molecule has 2 heterocycles. The van der Waals surface area contributed by atoms with E-state index < -0.39 is 0 Å². The van der Waals surface area contributed by atoms with Crippen LogP contribution in [0, 0.1) is 11.8 Å². The number of carbonyl (C=O) groups excluding carboxylic acids is 2. The van der Waals surface area contributed by atoms with Gasteiger partial charge in [-0.25, -0.2) is 4.98 Å². The number of hydrogen-bond donors (Lipinski definition) is 2. The van der Waals surface area contributed by atoms with Gasteiger partial charge in [-0.1, -0.05) is 11.8 Å². The van der Waals surface area contributed by atoms with Crippen LogP contribution < -0.4 is 11.1 Å². The Hall–Kier alpha value is -2.39. The van der Waals surface area contributed by atoms with Crippen molar-refractivity contribution >= 4 is 11.8 Å². The lowest BCUT2D eigenvalue weighted by Crippen LogP contribution is -2.50. The summed E-state index contributed by atoms with van der Waals surface area (Å²) in [5.74, 6) is 5.08. The van der Waals surface area contributed by atoms with E-state index >= 15 is 0 Å². The van der Waals surface area contributed by atoms with E-state index in [-0.39, 0.29) is 30.6 Å². The lowest BCUT2D eigenvalue weighted by molar-refractivity contribution is -0.123. The van der Waals surface area contributed by atoms with Gasteiger partial charge in [-0.05, 0) is 12.1 Å². The predicted octanol–water partition coefficient (Wildman–Crippen LogP) is -1.04. The van der Waals surface area contributed by atoms with Crippen molar-refractivity contribution in [2.45, 2.75) is 0 Å². The van der Waals surface area contributed by atoms with E-state index in [2.05, 4.69) is 22.1 Å². The first-order valence-corrected chi connectivity index (χ1v) is 5.92. The van der Waals surface area contributed by atoms with Gasteiger partial charge in [0.25, 0.3) is 5.91 Å². The molecule has 0 bridgehead atoms. The molecule has 98 valence electrons. The zero-order valence-electron chi connectivity index (χ0n) is 10.3. The van der Waals surface area contributed by atoms with Crippen LogP contribution in [0.3, 0.4) is 0 Å². The summed E-state index contributed by atoms with van der Waals surface area (Å²) in [7, 11) is 0. The Morgan fingerprint density at radius 2 is 2.42 bits per heavy atom. The lowest BCUT2D eigenvalue weighted by atomic mass is 10.1. The van der Waals surface area contributed by atoms with Gasteiger partial charge in [-0.3, -0.25) is 9.59 Å². The van der Waals surface area contributed by atoms with Crippen LogP contribution >= 0.6 is 0 Å². The maximum Gasteiger partial charge on any atom is 0.274 e. The first kappa shape index (κ1) is 13.1. The second-order valence-electron chi connectivity index (χ2n) is 3.98. The number of hydrogen-bond acceptors (Lipinski definition) is 4. The van der Waals surface area contributed by atoms with Crippen molar-refractivity contribution in [3.05, 3.63) is 29.6 Å². The summed E-state index contributed by atoms with van der Waals surface area (Å²) >= 11 is 0. The third-order valence-corrected chi connectivity index (χ3v) is 2.66. The summed E-state index contributed by atoms with van der Waals surface area (Å²) in [5, 5.41) is 2.67. The zero-order valence-corrected chi connectivity index (χ0v) is 10.3. The van der Waals surface area contributed by atoms with Gasteiger partial charge in [-0.2, -0.15) is 0 Å². The van der Waals surface area contributed by atoms with Gasteiger partial charge >= 0.3 is 0 Å². The highest BCUT2D eigenvalue weighted by atomic mass is 16.2. The van der Waals surface area contributed by atoms with Crippen molar-refractivity contribution in [3.8, 4) is 11.8 Å². The van der Waals surface area contributed by atoms with E-state index in [0.29, 0.717) is 18.7 Å². The van der Waals surface area contributed by atoms with Crippen molar-refractivity contribution in [1.29, 1.82) is 0 Å². The number of aromatic nitrogens is 1. The molecule has 1 aliphatic heterocycles. The topological polar surface area (TPSA) is 88.3 Å². The number of rotatable bonds is 1. The predicted molar refractivity (Wildman–Crippen MR) is 69.1 cm³/mol. The van der Waals surface area contributed by atoms with E-state index in [1.165, 1.54) is 11.1 Å². The molecule has 1 aromatic rings. The van der Waals surface area contributed by atoms with Crippen LogP contribution in [0.5, 0.6) is 0 Å². The molecule has 1 aromatic heterocycles. The minimum atomic E-state index is -0.281. The summed E-state index contributed by atoms with van der Waals surface area (Å²) in [6.07, 6.45) is 1.53. The van der Waals surface area contributed by atoms with Gasteiger partial charge in [0.05, 0.1) is 18.7 Å². The average Bonchev–Trinajstić information content (AvgIpc) is 2.44. The Kier molecular flexibility index (Phi) is 4.11. The molecule has 1 fully saturated rings. The Bertz CT molecular complexity index is 559. The molecular weight excluding hydrogens is 244 g/mol. The van der Waals surface area contributed by atoms with Gasteiger partial charge in [0.15, 0.2) is 0 Å². The van der Waals surface area contributed by atoms with E-state index in [4.69, 9.17) is 5.73 Å². The largest absolute Gasteiger partial charge is 0.353 e. The molecule has 0 atom stereocenters. The van der Waals surface area contributed by atoms with E-state index in [0.717, 1.165) is 0 Å². The fourth-order valence-electron chi connectivity index (χ4n) is 1.78. The number of pyridine rings is 1. The Balaban J connectivity index is 2.25. The number of nitrogens with zero attached hydrogens (tertiary/aromatic N) is 2. The van der Waals surface area contributed by atoms with E-state index in [1.54, 1.807) is 12.1 Å². The highest BCUT2D eigenvalue weighted by Crippen LogP contribution is 2.08. The molecule has 0 saturated carbocycles. The Labute approximate surface area is 111 Å². The standard InChI is InChI=1S/C13H14N4O2/c14-5-1-3-10-4-2-6-16-12(10)13(19)17-8-7-15-11(18)9-17/h2,4,6H,5,7-9,14H2,(H,15,18). The summed E-state index contributed by atoms with van der Waals surface area (Å²) in [6.45, 7) is 1.21. The summed E-state index contributed by atoms with van der Waals surface area (Å²) < 4.78 is 0. The van der Waals surface area contributed by atoms with Gasteiger partial charge in [0, 0.05) is 19.3 Å². The second-order valence-corrected chi connectivity index (χ2v) is 3.98. The van der Waals surface area contributed by atoms with Crippen molar-refractivity contribution in [3.63, 3.8) is 0 Å². The molecule has 2 rings (SSSR count). The van der Waals surface area contributed by atoms with Crippen LogP contribution in [-0.2, 0) is 4.79 Å². The highest BCUT2D eigenvalue weighted by molar-refractivity contribution is 5.97. The molecule has 6 heteroatoms. The number of carbonyl (C=O) groups is 2.